The predicted octanol–water partition coefficient (Wildman–Crippen LogP) is 3.71. The Morgan fingerprint density at radius 1 is 1.22 bits per heavy atom. The van der Waals surface area contributed by atoms with E-state index in [0.29, 0.717) is 5.89 Å². The molecule has 0 unspecified atom stereocenters. The molecule has 100 valence electrons. The van der Waals surface area contributed by atoms with Crippen LogP contribution < -0.4 is 0 Å². The molecule has 0 radical (unpaired) electrons. The van der Waals surface area contributed by atoms with Gasteiger partial charge in [-0.3, -0.25) is 4.68 Å². The Balaban J connectivity index is 0.000000771. The van der Waals surface area contributed by atoms with E-state index >= 15 is 0 Å². The second kappa shape index (κ2) is 5.38. The van der Waals surface area contributed by atoms with Gasteiger partial charge in [-0.2, -0.15) is 5.10 Å². The highest BCUT2D eigenvalue weighted by Crippen LogP contribution is 2.26. The van der Waals surface area contributed by atoms with Crippen LogP contribution >= 0.6 is 0 Å². The Hall–Kier alpha value is -1.58. The average molecular weight is 249 g/mol. The van der Waals surface area contributed by atoms with Crippen LogP contribution in [0.5, 0.6) is 0 Å². The van der Waals surface area contributed by atoms with Gasteiger partial charge in [0.25, 0.3) is 0 Å². The zero-order valence-electron chi connectivity index (χ0n) is 12.4. The van der Waals surface area contributed by atoms with E-state index in [2.05, 4.69) is 36.9 Å². The van der Waals surface area contributed by atoms with E-state index in [1.807, 2.05) is 32.5 Å². The second-order valence-electron chi connectivity index (χ2n) is 5.03. The lowest BCUT2D eigenvalue weighted by molar-refractivity contribution is 0.526. The number of oxazole rings is 1. The molecule has 0 spiro atoms. The number of rotatable bonds is 1. The summed E-state index contributed by atoms with van der Waals surface area (Å²) in [6.45, 7) is 12.3. The summed E-state index contributed by atoms with van der Waals surface area (Å²) >= 11 is 0. The van der Waals surface area contributed by atoms with Gasteiger partial charge in [0.2, 0.25) is 0 Å². The summed E-state index contributed by atoms with van der Waals surface area (Å²) in [6, 6.07) is 2.06. The molecule has 0 fully saturated rings. The van der Waals surface area contributed by atoms with Gasteiger partial charge in [-0.15, -0.1) is 0 Å². The zero-order valence-corrected chi connectivity index (χ0v) is 12.4. The highest BCUT2D eigenvalue weighted by molar-refractivity contribution is 5.52. The third-order valence-corrected chi connectivity index (χ3v) is 2.52. The van der Waals surface area contributed by atoms with Crippen LogP contribution in [0.3, 0.4) is 0 Å². The summed E-state index contributed by atoms with van der Waals surface area (Å²) in [5.74, 6) is 1.44. The molecule has 4 nitrogen and oxygen atoms in total. The smallest absolute Gasteiger partial charge is 0.191 e. The first kappa shape index (κ1) is 14.5. The minimum Gasteiger partial charge on any atom is -0.439 e. The fourth-order valence-corrected chi connectivity index (χ4v) is 1.54. The van der Waals surface area contributed by atoms with E-state index < -0.39 is 0 Å². The maximum atomic E-state index is 5.50. The fourth-order valence-electron chi connectivity index (χ4n) is 1.54. The molecule has 0 bridgehead atoms. The lowest BCUT2D eigenvalue weighted by Crippen LogP contribution is -2.12. The van der Waals surface area contributed by atoms with Crippen LogP contribution in [0.2, 0.25) is 0 Å². The molecular weight excluding hydrogens is 226 g/mol. The van der Waals surface area contributed by atoms with Crippen LogP contribution in [-0.2, 0) is 12.5 Å². The molecule has 0 aliphatic rings. The first-order chi connectivity index (χ1) is 8.38. The summed E-state index contributed by atoms with van der Waals surface area (Å²) in [5.41, 5.74) is 2.06. The Bertz CT molecular complexity index is 503. The summed E-state index contributed by atoms with van der Waals surface area (Å²) in [4.78, 5) is 4.10. The van der Waals surface area contributed by atoms with Gasteiger partial charge in [-0.05, 0) is 6.07 Å². The first-order valence-electron chi connectivity index (χ1n) is 6.35. The van der Waals surface area contributed by atoms with Crippen molar-refractivity contribution in [3.63, 3.8) is 0 Å². The van der Waals surface area contributed by atoms with Crippen molar-refractivity contribution < 1.29 is 4.42 Å². The molecule has 4 heteroatoms. The summed E-state index contributed by atoms with van der Waals surface area (Å²) < 4.78 is 7.34. The highest BCUT2D eigenvalue weighted by atomic mass is 16.4. The molecule has 0 saturated carbocycles. The van der Waals surface area contributed by atoms with E-state index in [9.17, 15) is 0 Å². The normalized spacial score (nSPS) is 11.1. The van der Waals surface area contributed by atoms with Crippen molar-refractivity contribution in [1.29, 1.82) is 0 Å². The van der Waals surface area contributed by atoms with Crippen molar-refractivity contribution in [3.8, 4) is 11.5 Å². The Kier molecular flexibility index (Phi) is 4.33. The predicted molar refractivity (Wildman–Crippen MR) is 73.5 cm³/mol. The highest BCUT2D eigenvalue weighted by Gasteiger charge is 2.20. The van der Waals surface area contributed by atoms with Gasteiger partial charge in [0.05, 0.1) is 11.9 Å². The average Bonchev–Trinajstić information content (AvgIpc) is 2.86. The van der Waals surface area contributed by atoms with Crippen LogP contribution in [0.4, 0.5) is 0 Å². The van der Waals surface area contributed by atoms with Gasteiger partial charge in [-0.25, -0.2) is 4.98 Å². The van der Waals surface area contributed by atoms with Crippen LogP contribution in [0.25, 0.3) is 11.5 Å². The third kappa shape index (κ3) is 3.00. The third-order valence-electron chi connectivity index (χ3n) is 2.52. The molecule has 2 aromatic rings. The lowest BCUT2D eigenvalue weighted by Gasteiger charge is -2.13. The van der Waals surface area contributed by atoms with Crippen LogP contribution in [-0.4, -0.2) is 14.8 Å². The molecule has 2 rings (SSSR count). The molecule has 18 heavy (non-hydrogen) atoms. The summed E-state index contributed by atoms with van der Waals surface area (Å²) in [5, 5.41) is 4.50. The maximum absolute atomic E-state index is 5.50. The largest absolute Gasteiger partial charge is 0.439 e. The van der Waals surface area contributed by atoms with Crippen LogP contribution in [0.15, 0.2) is 16.7 Å². The minimum atomic E-state index is 0.0467. The van der Waals surface area contributed by atoms with E-state index in [4.69, 9.17) is 4.42 Å². The van der Waals surface area contributed by atoms with Crippen molar-refractivity contribution in [3.05, 3.63) is 23.8 Å². The Labute approximate surface area is 109 Å². The molecule has 0 N–H and O–H groups in total. The summed E-state index contributed by atoms with van der Waals surface area (Å²) in [7, 11) is 1.92. The van der Waals surface area contributed by atoms with Crippen LogP contribution in [0.1, 0.15) is 46.2 Å². The molecule has 0 amide bonds. The second-order valence-corrected chi connectivity index (χ2v) is 5.03. The standard InChI is InChI=1S/C12H17N3O.C2H6/c1-8-13-7-10(16-8)9-6-11(12(2,3)4)14-15(9)5;1-2/h6-7H,1-5H3;1-2H3. The molecule has 0 saturated heterocycles. The summed E-state index contributed by atoms with van der Waals surface area (Å²) in [6.07, 6.45) is 1.73. The Morgan fingerprint density at radius 3 is 2.22 bits per heavy atom. The fraction of sp³-hybridized carbons (Fsp3) is 0.571. The van der Waals surface area contributed by atoms with Gasteiger partial charge < -0.3 is 4.42 Å². The van der Waals surface area contributed by atoms with Crippen molar-refractivity contribution >= 4 is 0 Å². The van der Waals surface area contributed by atoms with Crippen molar-refractivity contribution in [2.24, 2.45) is 7.05 Å². The quantitative estimate of drug-likeness (QED) is 0.774. The number of aromatic nitrogens is 3. The molecular formula is C14H23N3O. The lowest BCUT2D eigenvalue weighted by atomic mass is 9.92. The number of hydrogen-bond acceptors (Lipinski definition) is 3. The topological polar surface area (TPSA) is 43.9 Å². The van der Waals surface area contributed by atoms with E-state index in [1.54, 1.807) is 6.20 Å². The van der Waals surface area contributed by atoms with Crippen molar-refractivity contribution in [1.82, 2.24) is 14.8 Å². The molecule has 0 aliphatic heterocycles. The number of nitrogens with zero attached hydrogens (tertiary/aromatic N) is 3. The molecule has 0 aliphatic carbocycles. The van der Waals surface area contributed by atoms with Gasteiger partial charge in [0, 0.05) is 19.4 Å². The molecule has 2 aromatic heterocycles. The molecule has 0 atom stereocenters. The minimum absolute atomic E-state index is 0.0467. The molecule has 2 heterocycles. The van der Waals surface area contributed by atoms with E-state index in [-0.39, 0.29) is 5.41 Å². The zero-order chi connectivity index (χ0) is 13.9. The molecule has 0 aromatic carbocycles. The van der Waals surface area contributed by atoms with Gasteiger partial charge in [-0.1, -0.05) is 34.6 Å². The van der Waals surface area contributed by atoms with Crippen LogP contribution in [0, 0.1) is 6.92 Å². The monoisotopic (exact) mass is 249 g/mol. The van der Waals surface area contributed by atoms with Gasteiger partial charge in [0.15, 0.2) is 11.7 Å². The SMILES string of the molecule is CC.Cc1ncc(-c2cc(C(C)(C)C)nn2C)o1. The van der Waals surface area contributed by atoms with Crippen molar-refractivity contribution in [2.45, 2.75) is 47.0 Å². The van der Waals surface area contributed by atoms with Gasteiger partial charge in [0.1, 0.15) is 5.69 Å². The Morgan fingerprint density at radius 2 is 1.83 bits per heavy atom. The maximum Gasteiger partial charge on any atom is 0.191 e. The van der Waals surface area contributed by atoms with Gasteiger partial charge >= 0.3 is 0 Å². The van der Waals surface area contributed by atoms with E-state index in [1.165, 1.54) is 0 Å². The van der Waals surface area contributed by atoms with E-state index in [0.717, 1.165) is 17.1 Å². The number of aryl methyl sites for hydroxylation is 2. The first-order valence-corrected chi connectivity index (χ1v) is 6.35. The van der Waals surface area contributed by atoms with Crippen molar-refractivity contribution in [2.75, 3.05) is 0 Å². The number of hydrogen-bond donors (Lipinski definition) is 0.